The Hall–Kier alpha value is -0.930. The summed E-state index contributed by atoms with van der Waals surface area (Å²) < 4.78 is 1.80. The van der Waals surface area contributed by atoms with Crippen molar-refractivity contribution in [1.82, 2.24) is 20.2 Å². The summed E-state index contributed by atoms with van der Waals surface area (Å²) in [4.78, 5) is 0. The standard InChI is InChI=1S/C8H16N4/c1-7(2,3)8(4,5)12-6-9-10-11-12/h6H,1-5H3. The van der Waals surface area contributed by atoms with Crippen LogP contribution >= 0.6 is 0 Å². The van der Waals surface area contributed by atoms with E-state index in [9.17, 15) is 0 Å². The van der Waals surface area contributed by atoms with Crippen molar-refractivity contribution in [3.8, 4) is 0 Å². The summed E-state index contributed by atoms with van der Waals surface area (Å²) in [7, 11) is 0. The molecule has 0 N–H and O–H groups in total. The molecule has 0 aliphatic carbocycles. The third kappa shape index (κ3) is 1.33. The lowest BCUT2D eigenvalue weighted by Crippen LogP contribution is -2.40. The molecule has 0 spiro atoms. The van der Waals surface area contributed by atoms with Crippen LogP contribution in [0.15, 0.2) is 6.33 Å². The van der Waals surface area contributed by atoms with Gasteiger partial charge < -0.3 is 0 Å². The lowest BCUT2D eigenvalue weighted by atomic mass is 9.76. The van der Waals surface area contributed by atoms with Crippen LogP contribution in [-0.4, -0.2) is 20.2 Å². The number of nitrogens with zero attached hydrogens (tertiary/aromatic N) is 4. The normalized spacial score (nSPS) is 13.4. The van der Waals surface area contributed by atoms with E-state index in [1.54, 1.807) is 11.0 Å². The fraction of sp³-hybridized carbons (Fsp3) is 0.875. The summed E-state index contributed by atoms with van der Waals surface area (Å²) >= 11 is 0. The van der Waals surface area contributed by atoms with Crippen LogP contribution in [0.4, 0.5) is 0 Å². The van der Waals surface area contributed by atoms with E-state index in [2.05, 4.69) is 50.1 Å². The quantitative estimate of drug-likeness (QED) is 0.637. The lowest BCUT2D eigenvalue weighted by Gasteiger charge is -2.37. The van der Waals surface area contributed by atoms with E-state index >= 15 is 0 Å². The average molecular weight is 168 g/mol. The molecular formula is C8H16N4. The summed E-state index contributed by atoms with van der Waals surface area (Å²) in [6.45, 7) is 10.8. The zero-order chi connectivity index (χ0) is 9.41. The molecule has 0 amide bonds. The Bertz CT molecular complexity index is 243. The molecule has 0 aromatic carbocycles. The van der Waals surface area contributed by atoms with E-state index in [0.717, 1.165) is 0 Å². The van der Waals surface area contributed by atoms with Gasteiger partial charge in [-0.3, -0.25) is 0 Å². The predicted octanol–water partition coefficient (Wildman–Crippen LogP) is 1.45. The maximum atomic E-state index is 3.91. The molecule has 12 heavy (non-hydrogen) atoms. The van der Waals surface area contributed by atoms with Crippen LogP contribution < -0.4 is 0 Å². The predicted molar refractivity (Wildman–Crippen MR) is 46.6 cm³/mol. The number of rotatable bonds is 1. The molecule has 0 atom stereocenters. The van der Waals surface area contributed by atoms with Gasteiger partial charge in [0.1, 0.15) is 6.33 Å². The van der Waals surface area contributed by atoms with Gasteiger partial charge in [-0.05, 0) is 29.7 Å². The highest BCUT2D eigenvalue weighted by Crippen LogP contribution is 2.34. The van der Waals surface area contributed by atoms with Crippen molar-refractivity contribution in [2.24, 2.45) is 5.41 Å². The largest absolute Gasteiger partial charge is 0.226 e. The van der Waals surface area contributed by atoms with Crippen LogP contribution in [0.3, 0.4) is 0 Å². The molecule has 1 aromatic heterocycles. The van der Waals surface area contributed by atoms with Crippen LogP contribution in [-0.2, 0) is 5.54 Å². The number of aromatic nitrogens is 4. The highest BCUT2D eigenvalue weighted by atomic mass is 15.5. The maximum absolute atomic E-state index is 3.91. The fourth-order valence-electron chi connectivity index (χ4n) is 0.761. The second kappa shape index (κ2) is 2.54. The second-order valence-electron chi connectivity index (χ2n) is 4.56. The molecule has 0 fully saturated rings. The van der Waals surface area contributed by atoms with Gasteiger partial charge >= 0.3 is 0 Å². The van der Waals surface area contributed by atoms with Crippen LogP contribution in [0.25, 0.3) is 0 Å². The zero-order valence-corrected chi connectivity index (χ0v) is 8.37. The van der Waals surface area contributed by atoms with Gasteiger partial charge in [0.15, 0.2) is 0 Å². The molecule has 0 radical (unpaired) electrons. The molecule has 0 aliphatic heterocycles. The monoisotopic (exact) mass is 168 g/mol. The number of hydrogen-bond acceptors (Lipinski definition) is 3. The summed E-state index contributed by atoms with van der Waals surface area (Å²) in [5.41, 5.74) is 0.0822. The van der Waals surface area contributed by atoms with Gasteiger partial charge in [0.05, 0.1) is 5.54 Å². The van der Waals surface area contributed by atoms with Crippen LogP contribution in [0.2, 0.25) is 0 Å². The Labute approximate surface area is 73.0 Å². The van der Waals surface area contributed by atoms with Crippen molar-refractivity contribution in [3.63, 3.8) is 0 Å². The molecule has 0 saturated carbocycles. The van der Waals surface area contributed by atoms with E-state index in [0.29, 0.717) is 0 Å². The van der Waals surface area contributed by atoms with Gasteiger partial charge in [0.25, 0.3) is 0 Å². The van der Waals surface area contributed by atoms with E-state index in [-0.39, 0.29) is 11.0 Å². The number of hydrogen-bond donors (Lipinski definition) is 0. The zero-order valence-electron chi connectivity index (χ0n) is 8.37. The highest BCUT2D eigenvalue weighted by molar-refractivity contribution is 4.86. The molecule has 4 nitrogen and oxygen atoms in total. The SMILES string of the molecule is CC(C)(C)C(C)(C)n1cnnn1. The third-order valence-corrected chi connectivity index (χ3v) is 2.76. The van der Waals surface area contributed by atoms with Crippen LogP contribution in [0.5, 0.6) is 0 Å². The summed E-state index contributed by atoms with van der Waals surface area (Å²) in [5.74, 6) is 0. The maximum Gasteiger partial charge on any atom is 0.138 e. The second-order valence-corrected chi connectivity index (χ2v) is 4.56. The first-order valence-electron chi connectivity index (χ1n) is 4.09. The van der Waals surface area contributed by atoms with E-state index in [4.69, 9.17) is 0 Å². The Balaban J connectivity index is 3.02. The molecular weight excluding hydrogens is 152 g/mol. The molecule has 1 rings (SSSR count). The van der Waals surface area contributed by atoms with Crippen molar-refractivity contribution in [2.45, 2.75) is 40.2 Å². The Morgan fingerprint density at radius 2 is 1.67 bits per heavy atom. The summed E-state index contributed by atoms with van der Waals surface area (Å²) in [6, 6.07) is 0. The Morgan fingerprint density at radius 3 is 2.00 bits per heavy atom. The van der Waals surface area contributed by atoms with Crippen LogP contribution in [0.1, 0.15) is 34.6 Å². The van der Waals surface area contributed by atoms with Crippen molar-refractivity contribution in [1.29, 1.82) is 0 Å². The van der Waals surface area contributed by atoms with Gasteiger partial charge in [0, 0.05) is 0 Å². The molecule has 0 unspecified atom stereocenters. The van der Waals surface area contributed by atoms with Crippen molar-refractivity contribution in [2.75, 3.05) is 0 Å². The Morgan fingerprint density at radius 1 is 1.08 bits per heavy atom. The first-order valence-corrected chi connectivity index (χ1v) is 4.09. The smallest absolute Gasteiger partial charge is 0.138 e. The molecule has 0 saturated heterocycles. The van der Waals surface area contributed by atoms with Gasteiger partial charge in [-0.25, -0.2) is 4.68 Å². The van der Waals surface area contributed by atoms with Gasteiger partial charge in [-0.2, -0.15) is 0 Å². The summed E-state index contributed by atoms with van der Waals surface area (Å²) in [6.07, 6.45) is 1.66. The van der Waals surface area contributed by atoms with E-state index in [1.807, 2.05) is 0 Å². The Kier molecular flexibility index (Phi) is 1.94. The third-order valence-electron chi connectivity index (χ3n) is 2.76. The molecule has 1 heterocycles. The summed E-state index contributed by atoms with van der Waals surface area (Å²) in [5, 5.41) is 11.2. The van der Waals surface area contributed by atoms with Crippen LogP contribution in [0, 0.1) is 5.41 Å². The van der Waals surface area contributed by atoms with E-state index in [1.165, 1.54) is 0 Å². The molecule has 1 aromatic rings. The molecule has 0 bridgehead atoms. The first kappa shape index (κ1) is 9.16. The van der Waals surface area contributed by atoms with Gasteiger partial charge in [-0.15, -0.1) is 5.10 Å². The van der Waals surface area contributed by atoms with Crippen molar-refractivity contribution >= 4 is 0 Å². The minimum atomic E-state index is -0.0590. The van der Waals surface area contributed by atoms with Crippen molar-refractivity contribution in [3.05, 3.63) is 6.33 Å². The minimum absolute atomic E-state index is 0.0590. The fourth-order valence-corrected chi connectivity index (χ4v) is 0.761. The topological polar surface area (TPSA) is 43.6 Å². The number of tetrazole rings is 1. The average Bonchev–Trinajstić information content (AvgIpc) is 2.34. The van der Waals surface area contributed by atoms with Crippen molar-refractivity contribution < 1.29 is 0 Å². The van der Waals surface area contributed by atoms with E-state index < -0.39 is 0 Å². The molecule has 0 aliphatic rings. The van der Waals surface area contributed by atoms with Gasteiger partial charge in [0.2, 0.25) is 0 Å². The van der Waals surface area contributed by atoms with Gasteiger partial charge in [-0.1, -0.05) is 20.8 Å². The minimum Gasteiger partial charge on any atom is -0.226 e. The molecule has 4 heteroatoms. The molecule has 68 valence electrons. The lowest BCUT2D eigenvalue weighted by molar-refractivity contribution is 0.121. The highest BCUT2D eigenvalue weighted by Gasteiger charge is 2.35. The first-order chi connectivity index (χ1) is 5.36.